The normalized spacial score (nSPS) is 14.2. The molecule has 0 amide bonds. The van der Waals surface area contributed by atoms with Crippen LogP contribution in [-0.4, -0.2) is 19.7 Å². The summed E-state index contributed by atoms with van der Waals surface area (Å²) in [6.07, 6.45) is 1.65. The van der Waals surface area contributed by atoms with E-state index in [-0.39, 0.29) is 38.6 Å². The van der Waals surface area contributed by atoms with Gasteiger partial charge in [0.2, 0.25) is 5.88 Å². The Morgan fingerprint density at radius 3 is 2.42 bits per heavy atom. The first-order valence-electron chi connectivity index (χ1n) is 10.7. The molecule has 1 unspecified atom stereocenters. The molecule has 1 heterocycles. The standard InChI is InChI=1S/C27H20Cl2N2O5/c1-3-10-34-17-6-4-15(5-7-17)24-19-9-8-18(13-23(19)36-26(31)20(24)14-30)35-27(32)16-11-21(28)25(33-2)22(29)12-16/h3-9,11-13,24H,1,10,31H2,2H3. The molecule has 0 saturated carbocycles. The lowest BCUT2D eigenvalue weighted by molar-refractivity contribution is 0.0734. The number of nitrogens with zero attached hydrogens (tertiary/aromatic N) is 1. The number of methoxy groups -OCH3 is 1. The first-order chi connectivity index (χ1) is 17.4. The van der Waals surface area contributed by atoms with Crippen molar-refractivity contribution in [3.8, 4) is 29.1 Å². The molecule has 0 bridgehead atoms. The molecule has 0 fully saturated rings. The molecule has 3 aromatic carbocycles. The van der Waals surface area contributed by atoms with E-state index < -0.39 is 11.9 Å². The minimum atomic E-state index is -0.676. The molecule has 4 rings (SSSR count). The van der Waals surface area contributed by atoms with Crippen molar-refractivity contribution in [3.63, 3.8) is 0 Å². The Morgan fingerprint density at radius 1 is 1.14 bits per heavy atom. The zero-order valence-corrected chi connectivity index (χ0v) is 20.6. The molecule has 1 aliphatic rings. The summed E-state index contributed by atoms with van der Waals surface area (Å²) in [7, 11) is 1.42. The predicted molar refractivity (Wildman–Crippen MR) is 136 cm³/mol. The second-order valence-electron chi connectivity index (χ2n) is 7.66. The molecule has 0 aliphatic carbocycles. The molecule has 0 saturated heterocycles. The van der Waals surface area contributed by atoms with E-state index in [0.717, 1.165) is 5.56 Å². The van der Waals surface area contributed by atoms with Crippen LogP contribution >= 0.6 is 23.2 Å². The Bertz CT molecular complexity index is 1390. The van der Waals surface area contributed by atoms with Crippen LogP contribution in [0.3, 0.4) is 0 Å². The van der Waals surface area contributed by atoms with Crippen molar-refractivity contribution in [2.24, 2.45) is 5.73 Å². The van der Waals surface area contributed by atoms with Crippen LogP contribution in [0.2, 0.25) is 10.0 Å². The monoisotopic (exact) mass is 522 g/mol. The minimum absolute atomic E-state index is 0.0285. The van der Waals surface area contributed by atoms with Crippen molar-refractivity contribution < 1.29 is 23.7 Å². The number of nitriles is 1. The Morgan fingerprint density at radius 2 is 1.81 bits per heavy atom. The van der Waals surface area contributed by atoms with Crippen LogP contribution in [-0.2, 0) is 0 Å². The highest BCUT2D eigenvalue weighted by Crippen LogP contribution is 2.44. The smallest absolute Gasteiger partial charge is 0.343 e. The third kappa shape index (κ3) is 4.96. The van der Waals surface area contributed by atoms with E-state index in [1.165, 1.54) is 25.3 Å². The highest BCUT2D eigenvalue weighted by molar-refractivity contribution is 6.37. The van der Waals surface area contributed by atoms with E-state index in [2.05, 4.69) is 12.6 Å². The summed E-state index contributed by atoms with van der Waals surface area (Å²) in [5.74, 6) is 0.323. The molecular weight excluding hydrogens is 503 g/mol. The summed E-state index contributed by atoms with van der Waals surface area (Å²) in [5.41, 5.74) is 8.01. The average Bonchev–Trinajstić information content (AvgIpc) is 2.86. The maximum absolute atomic E-state index is 12.7. The summed E-state index contributed by atoms with van der Waals surface area (Å²) in [6.45, 7) is 4.02. The number of ether oxygens (including phenoxy) is 4. The maximum Gasteiger partial charge on any atom is 0.343 e. The van der Waals surface area contributed by atoms with Crippen LogP contribution < -0.4 is 24.7 Å². The molecular formula is C27H20Cl2N2O5. The number of esters is 1. The van der Waals surface area contributed by atoms with Gasteiger partial charge in [-0.3, -0.25) is 0 Å². The second kappa shape index (κ2) is 10.6. The largest absolute Gasteiger partial charge is 0.494 e. The third-order valence-corrected chi connectivity index (χ3v) is 5.98. The molecule has 182 valence electrons. The molecule has 1 atom stereocenters. The minimum Gasteiger partial charge on any atom is -0.494 e. The molecule has 9 heteroatoms. The van der Waals surface area contributed by atoms with Crippen LogP contribution in [0.25, 0.3) is 0 Å². The summed E-state index contributed by atoms with van der Waals surface area (Å²) < 4.78 is 21.9. The highest BCUT2D eigenvalue weighted by Gasteiger charge is 2.31. The topological polar surface area (TPSA) is 104 Å². The molecule has 0 aromatic heterocycles. The van der Waals surface area contributed by atoms with Crippen molar-refractivity contribution in [3.05, 3.63) is 105 Å². The van der Waals surface area contributed by atoms with Gasteiger partial charge in [-0.2, -0.15) is 5.26 Å². The summed E-state index contributed by atoms with van der Waals surface area (Å²) in [6, 6.07) is 17.1. The number of nitrogens with two attached hydrogens (primary N) is 1. The summed E-state index contributed by atoms with van der Waals surface area (Å²) in [4.78, 5) is 12.7. The zero-order chi connectivity index (χ0) is 25.8. The molecule has 3 aromatic rings. The lowest BCUT2D eigenvalue weighted by atomic mass is 9.83. The highest BCUT2D eigenvalue weighted by atomic mass is 35.5. The van der Waals surface area contributed by atoms with Crippen molar-refractivity contribution >= 4 is 29.2 Å². The van der Waals surface area contributed by atoms with Gasteiger partial charge in [0.25, 0.3) is 0 Å². The Labute approximate surface area is 217 Å². The number of hydrogen-bond donors (Lipinski definition) is 1. The number of hydrogen-bond acceptors (Lipinski definition) is 7. The number of carbonyl (C=O) groups excluding carboxylic acids is 1. The van der Waals surface area contributed by atoms with Crippen LogP contribution in [0.1, 0.15) is 27.4 Å². The molecule has 36 heavy (non-hydrogen) atoms. The fourth-order valence-corrected chi connectivity index (χ4v) is 4.43. The number of allylic oxidation sites excluding steroid dienone is 1. The lowest BCUT2D eigenvalue weighted by Crippen LogP contribution is -2.21. The Kier molecular flexibility index (Phi) is 7.39. The molecule has 1 aliphatic heterocycles. The van der Waals surface area contributed by atoms with E-state index in [0.29, 0.717) is 23.7 Å². The van der Waals surface area contributed by atoms with Gasteiger partial charge >= 0.3 is 5.97 Å². The number of carbonyl (C=O) groups is 1. The van der Waals surface area contributed by atoms with E-state index in [9.17, 15) is 10.1 Å². The number of halogens is 2. The first kappa shape index (κ1) is 25.0. The van der Waals surface area contributed by atoms with Crippen molar-refractivity contribution in [2.75, 3.05) is 13.7 Å². The maximum atomic E-state index is 12.7. The van der Waals surface area contributed by atoms with Gasteiger partial charge in [0.05, 0.1) is 28.6 Å². The van der Waals surface area contributed by atoms with Gasteiger partial charge in [-0.1, -0.05) is 54.1 Å². The van der Waals surface area contributed by atoms with Crippen molar-refractivity contribution in [1.29, 1.82) is 5.26 Å². The SMILES string of the molecule is C=CCOc1ccc(C2C(C#N)=C(N)Oc3cc(OC(=O)c4cc(Cl)c(OC)c(Cl)c4)ccc32)cc1. The van der Waals surface area contributed by atoms with Crippen LogP contribution in [0.15, 0.2) is 78.7 Å². The Balaban J connectivity index is 1.63. The van der Waals surface area contributed by atoms with Crippen LogP contribution in [0, 0.1) is 11.3 Å². The van der Waals surface area contributed by atoms with E-state index in [1.807, 2.05) is 12.1 Å². The van der Waals surface area contributed by atoms with E-state index in [1.54, 1.807) is 30.3 Å². The second-order valence-corrected chi connectivity index (χ2v) is 8.47. The fraction of sp³-hybridized carbons (Fsp3) is 0.111. The van der Waals surface area contributed by atoms with Gasteiger partial charge in [-0.05, 0) is 35.9 Å². The van der Waals surface area contributed by atoms with Gasteiger partial charge in [0, 0.05) is 11.6 Å². The number of benzene rings is 3. The molecule has 0 radical (unpaired) electrons. The zero-order valence-electron chi connectivity index (χ0n) is 19.1. The van der Waals surface area contributed by atoms with Crippen molar-refractivity contribution in [2.45, 2.75) is 5.92 Å². The van der Waals surface area contributed by atoms with E-state index >= 15 is 0 Å². The first-order valence-corrected chi connectivity index (χ1v) is 11.4. The van der Waals surface area contributed by atoms with Crippen molar-refractivity contribution in [1.82, 2.24) is 0 Å². The third-order valence-electron chi connectivity index (χ3n) is 5.42. The lowest BCUT2D eigenvalue weighted by Gasteiger charge is -2.26. The van der Waals surface area contributed by atoms with Gasteiger partial charge in [-0.25, -0.2) is 4.79 Å². The molecule has 0 spiro atoms. The van der Waals surface area contributed by atoms with Gasteiger partial charge in [0.15, 0.2) is 5.75 Å². The van der Waals surface area contributed by atoms with E-state index in [4.69, 9.17) is 47.9 Å². The van der Waals surface area contributed by atoms with Crippen LogP contribution in [0.4, 0.5) is 0 Å². The van der Waals surface area contributed by atoms with Crippen LogP contribution in [0.5, 0.6) is 23.0 Å². The van der Waals surface area contributed by atoms with Gasteiger partial charge in [-0.15, -0.1) is 0 Å². The molecule has 2 N–H and O–H groups in total. The number of rotatable bonds is 7. The fourth-order valence-electron chi connectivity index (χ4n) is 3.79. The van der Waals surface area contributed by atoms with Gasteiger partial charge < -0.3 is 24.7 Å². The van der Waals surface area contributed by atoms with Gasteiger partial charge in [0.1, 0.15) is 35.5 Å². The number of fused-ring (bicyclic) bond motifs is 1. The predicted octanol–water partition coefficient (Wildman–Crippen LogP) is 6.00. The summed E-state index contributed by atoms with van der Waals surface area (Å²) in [5, 5.41) is 10.1. The Hall–Kier alpha value is -4.12. The molecule has 7 nitrogen and oxygen atoms in total. The summed E-state index contributed by atoms with van der Waals surface area (Å²) >= 11 is 12.3. The quantitative estimate of drug-likeness (QED) is 0.230. The average molecular weight is 523 g/mol.